The number of hydrogen-bond acceptors (Lipinski definition) is 5. The minimum atomic E-state index is -0.488. The fourth-order valence-electron chi connectivity index (χ4n) is 2.60. The summed E-state index contributed by atoms with van der Waals surface area (Å²) in [6.45, 7) is 3.04. The van der Waals surface area contributed by atoms with Crippen molar-refractivity contribution < 1.29 is 14.6 Å². The molecule has 0 aliphatic rings. The largest absolute Gasteiger partial charge is 0.331 e. The lowest BCUT2D eigenvalue weighted by Crippen LogP contribution is -1.99. The molecule has 0 unspecified atom stereocenters. The highest BCUT2D eigenvalue weighted by molar-refractivity contribution is 6.10. The third kappa shape index (κ3) is 3.25. The highest BCUT2D eigenvalue weighted by Crippen LogP contribution is 2.26. The van der Waals surface area contributed by atoms with Gasteiger partial charge in [0.15, 0.2) is 0 Å². The van der Waals surface area contributed by atoms with Crippen LogP contribution in [-0.4, -0.2) is 21.2 Å². The summed E-state index contributed by atoms with van der Waals surface area (Å²) in [5, 5.41) is 15.6. The number of nitro groups is 1. The lowest BCUT2D eigenvalue weighted by atomic mass is 10.1. The summed E-state index contributed by atoms with van der Waals surface area (Å²) in [5.74, 6) is -0.488. The first-order chi connectivity index (χ1) is 12.0. The van der Waals surface area contributed by atoms with Gasteiger partial charge in [0.05, 0.1) is 16.2 Å². The van der Waals surface area contributed by atoms with Crippen LogP contribution in [0, 0.1) is 10.1 Å². The predicted molar refractivity (Wildman–Crippen MR) is 93.9 cm³/mol. The lowest BCUT2D eigenvalue weighted by molar-refractivity contribution is -0.384. The second kappa shape index (κ2) is 6.56. The molecule has 25 heavy (non-hydrogen) atoms. The van der Waals surface area contributed by atoms with Crippen molar-refractivity contribution in [2.24, 2.45) is 5.16 Å². The summed E-state index contributed by atoms with van der Waals surface area (Å²) >= 11 is 0. The van der Waals surface area contributed by atoms with E-state index in [1.807, 2.05) is 35.0 Å². The quantitative estimate of drug-likeness (QED) is 0.313. The van der Waals surface area contributed by atoms with Crippen molar-refractivity contribution in [3.05, 3.63) is 70.4 Å². The fourth-order valence-corrected chi connectivity index (χ4v) is 2.60. The Bertz CT molecular complexity index is 987. The zero-order valence-corrected chi connectivity index (χ0v) is 13.7. The summed E-state index contributed by atoms with van der Waals surface area (Å²) in [4.78, 5) is 26.1. The first kappa shape index (κ1) is 16.4. The third-order valence-electron chi connectivity index (χ3n) is 3.75. The monoisotopic (exact) mass is 337 g/mol. The van der Waals surface area contributed by atoms with Crippen LogP contribution in [-0.2, 0) is 9.63 Å². The second-order valence-corrected chi connectivity index (χ2v) is 5.46. The summed E-state index contributed by atoms with van der Waals surface area (Å²) in [6.07, 6.45) is 1.87. The molecule has 0 aliphatic carbocycles. The van der Waals surface area contributed by atoms with E-state index >= 15 is 0 Å². The number of benzene rings is 2. The SMILES string of the molecule is CC(=O)O/N=C(\C)c1cn(-c2ccc([N+](=O)[O-])cc2)c2ccccc12. The highest BCUT2D eigenvalue weighted by atomic mass is 16.7. The van der Waals surface area contributed by atoms with Crippen LogP contribution in [0.2, 0.25) is 0 Å². The number of aromatic nitrogens is 1. The van der Waals surface area contributed by atoms with Gasteiger partial charge in [-0.15, -0.1) is 0 Å². The summed E-state index contributed by atoms with van der Waals surface area (Å²) in [6, 6.07) is 14.0. The molecule has 0 spiro atoms. The Hall–Kier alpha value is -3.48. The molecule has 1 aromatic heterocycles. The lowest BCUT2D eigenvalue weighted by Gasteiger charge is -2.04. The molecule has 3 aromatic rings. The van der Waals surface area contributed by atoms with Crippen LogP contribution >= 0.6 is 0 Å². The summed E-state index contributed by atoms with van der Waals surface area (Å²) < 4.78 is 1.92. The Morgan fingerprint density at radius 3 is 2.44 bits per heavy atom. The number of carbonyl (C=O) groups excluding carboxylic acids is 1. The van der Waals surface area contributed by atoms with E-state index < -0.39 is 10.9 Å². The maximum atomic E-state index is 11.0. The molecule has 126 valence electrons. The molecule has 0 N–H and O–H groups in total. The van der Waals surface area contributed by atoms with Crippen molar-refractivity contribution in [2.45, 2.75) is 13.8 Å². The van der Waals surface area contributed by atoms with Gasteiger partial charge in [-0.3, -0.25) is 10.1 Å². The molecule has 0 atom stereocenters. The molecule has 0 bridgehead atoms. The summed E-state index contributed by atoms with van der Waals surface area (Å²) in [5.41, 5.74) is 3.12. The van der Waals surface area contributed by atoms with Crippen LogP contribution in [0.4, 0.5) is 5.69 Å². The number of rotatable bonds is 4. The van der Waals surface area contributed by atoms with E-state index in [4.69, 9.17) is 4.84 Å². The minimum absolute atomic E-state index is 0.0352. The Kier molecular flexibility index (Phi) is 4.30. The Labute approximate surface area is 143 Å². The van der Waals surface area contributed by atoms with E-state index in [1.54, 1.807) is 19.1 Å². The Morgan fingerprint density at radius 2 is 1.80 bits per heavy atom. The van der Waals surface area contributed by atoms with Crippen molar-refractivity contribution in [1.82, 2.24) is 4.57 Å². The van der Waals surface area contributed by atoms with E-state index in [0.29, 0.717) is 5.71 Å². The molecule has 0 radical (unpaired) electrons. The van der Waals surface area contributed by atoms with Gasteiger partial charge in [-0.1, -0.05) is 23.4 Å². The Balaban J connectivity index is 2.12. The molecule has 3 rings (SSSR count). The standard InChI is InChI=1S/C18H15N3O4/c1-12(19-25-13(2)22)17-11-20(18-6-4-3-5-16(17)18)14-7-9-15(10-8-14)21(23)24/h3-11H,1-2H3/b19-12+. The number of carbonyl (C=O) groups is 1. The number of nitrogens with zero attached hydrogens (tertiary/aromatic N) is 3. The van der Waals surface area contributed by atoms with Crippen LogP contribution in [0.1, 0.15) is 19.4 Å². The van der Waals surface area contributed by atoms with Crippen molar-refractivity contribution in [1.29, 1.82) is 0 Å². The minimum Gasteiger partial charge on any atom is -0.318 e. The number of nitro benzene ring substituents is 1. The van der Waals surface area contributed by atoms with Gasteiger partial charge in [0.25, 0.3) is 5.69 Å². The molecule has 1 heterocycles. The smallest absolute Gasteiger partial charge is 0.318 e. The van der Waals surface area contributed by atoms with Gasteiger partial charge in [-0.05, 0) is 25.1 Å². The van der Waals surface area contributed by atoms with Gasteiger partial charge in [0, 0.05) is 41.9 Å². The average molecular weight is 337 g/mol. The molecule has 0 saturated heterocycles. The zero-order chi connectivity index (χ0) is 18.0. The van der Waals surface area contributed by atoms with Crippen LogP contribution in [0.25, 0.3) is 16.6 Å². The second-order valence-electron chi connectivity index (χ2n) is 5.46. The molecule has 0 amide bonds. The number of non-ortho nitro benzene ring substituents is 1. The molecule has 0 fully saturated rings. The zero-order valence-electron chi connectivity index (χ0n) is 13.7. The van der Waals surface area contributed by atoms with Crippen molar-refractivity contribution in [3.63, 3.8) is 0 Å². The molecule has 0 aliphatic heterocycles. The Morgan fingerprint density at radius 1 is 1.12 bits per heavy atom. The highest BCUT2D eigenvalue weighted by Gasteiger charge is 2.13. The maximum absolute atomic E-state index is 11.0. The van der Waals surface area contributed by atoms with E-state index in [2.05, 4.69) is 5.16 Å². The third-order valence-corrected chi connectivity index (χ3v) is 3.75. The van der Waals surface area contributed by atoms with E-state index in [9.17, 15) is 14.9 Å². The number of para-hydroxylation sites is 1. The van der Waals surface area contributed by atoms with Crippen LogP contribution < -0.4 is 0 Å². The van der Waals surface area contributed by atoms with E-state index in [0.717, 1.165) is 22.2 Å². The first-order valence-electron chi connectivity index (χ1n) is 7.55. The number of fused-ring (bicyclic) bond motifs is 1. The molecule has 0 saturated carbocycles. The van der Waals surface area contributed by atoms with E-state index in [1.165, 1.54) is 19.1 Å². The van der Waals surface area contributed by atoms with Gasteiger partial charge in [0.1, 0.15) is 0 Å². The van der Waals surface area contributed by atoms with Gasteiger partial charge in [-0.25, -0.2) is 4.79 Å². The first-order valence-corrected chi connectivity index (χ1v) is 7.55. The molecular formula is C18H15N3O4. The molecule has 2 aromatic carbocycles. The van der Waals surface area contributed by atoms with Crippen LogP contribution in [0.15, 0.2) is 59.9 Å². The van der Waals surface area contributed by atoms with Crippen molar-refractivity contribution >= 4 is 28.3 Å². The van der Waals surface area contributed by atoms with E-state index in [-0.39, 0.29) is 5.69 Å². The molecule has 7 heteroatoms. The van der Waals surface area contributed by atoms with Crippen LogP contribution in [0.3, 0.4) is 0 Å². The summed E-state index contributed by atoms with van der Waals surface area (Å²) in [7, 11) is 0. The average Bonchev–Trinajstić information content (AvgIpc) is 2.99. The van der Waals surface area contributed by atoms with Crippen LogP contribution in [0.5, 0.6) is 0 Å². The van der Waals surface area contributed by atoms with Gasteiger partial charge < -0.3 is 9.40 Å². The van der Waals surface area contributed by atoms with Gasteiger partial charge in [-0.2, -0.15) is 0 Å². The number of oxime groups is 1. The topological polar surface area (TPSA) is 86.7 Å². The molecular weight excluding hydrogens is 322 g/mol. The predicted octanol–water partition coefficient (Wildman–Crippen LogP) is 3.83. The fraction of sp³-hybridized carbons (Fsp3) is 0.111. The van der Waals surface area contributed by atoms with Gasteiger partial charge in [0.2, 0.25) is 0 Å². The molecule has 7 nitrogen and oxygen atoms in total. The number of hydrogen-bond donors (Lipinski definition) is 0. The van der Waals surface area contributed by atoms with Gasteiger partial charge >= 0.3 is 5.97 Å². The normalized spacial score (nSPS) is 11.5. The maximum Gasteiger partial charge on any atom is 0.331 e. The van der Waals surface area contributed by atoms with Crippen molar-refractivity contribution in [3.8, 4) is 5.69 Å². The van der Waals surface area contributed by atoms with Crippen molar-refractivity contribution in [2.75, 3.05) is 0 Å².